The van der Waals surface area contributed by atoms with E-state index in [4.69, 9.17) is 23.2 Å². The zero-order valence-electron chi connectivity index (χ0n) is 18.6. The second-order valence-electron chi connectivity index (χ2n) is 8.90. The lowest BCUT2D eigenvalue weighted by atomic mass is 9.88. The highest BCUT2D eigenvalue weighted by molar-refractivity contribution is 6.52. The average molecular weight is 492 g/mol. The Balaban J connectivity index is 1.72. The molecule has 6 heteroatoms. The molecule has 1 atom stereocenters. The summed E-state index contributed by atoms with van der Waals surface area (Å²) in [5, 5.41) is 12.1. The van der Waals surface area contributed by atoms with Crippen LogP contribution in [-0.2, 0) is 22.4 Å². The number of amides is 1. The van der Waals surface area contributed by atoms with Gasteiger partial charge in [-0.2, -0.15) is 0 Å². The molecule has 0 saturated carbocycles. The first-order valence-electron chi connectivity index (χ1n) is 11.3. The van der Waals surface area contributed by atoms with Gasteiger partial charge in [0.05, 0.1) is 11.6 Å². The van der Waals surface area contributed by atoms with Crippen LogP contribution in [0, 0.1) is 6.92 Å². The highest BCUT2D eigenvalue weighted by Crippen LogP contribution is 2.43. The van der Waals surface area contributed by atoms with Crippen LogP contribution in [0.5, 0.6) is 0 Å². The Morgan fingerprint density at radius 2 is 1.62 bits per heavy atom. The molecule has 1 saturated heterocycles. The highest BCUT2D eigenvalue weighted by atomic mass is 35.5. The van der Waals surface area contributed by atoms with Gasteiger partial charge in [0, 0.05) is 21.3 Å². The maximum absolute atomic E-state index is 13.4. The molecule has 0 aromatic heterocycles. The fourth-order valence-corrected chi connectivity index (χ4v) is 5.48. The van der Waals surface area contributed by atoms with E-state index in [1.807, 2.05) is 49.4 Å². The first kappa shape index (κ1) is 22.7. The van der Waals surface area contributed by atoms with Crippen LogP contribution in [0.1, 0.15) is 46.7 Å². The van der Waals surface area contributed by atoms with Crippen molar-refractivity contribution < 1.29 is 14.7 Å². The number of hydrogen-bond acceptors (Lipinski definition) is 3. The lowest BCUT2D eigenvalue weighted by molar-refractivity contribution is -0.132. The predicted molar refractivity (Wildman–Crippen MR) is 136 cm³/mol. The Morgan fingerprint density at radius 1 is 0.912 bits per heavy atom. The van der Waals surface area contributed by atoms with Gasteiger partial charge in [0.25, 0.3) is 11.7 Å². The molecule has 0 radical (unpaired) electrons. The van der Waals surface area contributed by atoms with Crippen molar-refractivity contribution in [3.05, 3.63) is 104 Å². The molecule has 34 heavy (non-hydrogen) atoms. The largest absolute Gasteiger partial charge is 0.507 e. The molecule has 2 aliphatic rings. The normalized spacial score (nSPS) is 19.4. The van der Waals surface area contributed by atoms with Crippen LogP contribution in [0.2, 0.25) is 10.0 Å². The van der Waals surface area contributed by atoms with Crippen LogP contribution in [0.3, 0.4) is 0 Å². The smallest absolute Gasteiger partial charge is 0.300 e. The van der Waals surface area contributed by atoms with Crippen LogP contribution in [-0.4, -0.2) is 16.8 Å². The quantitative estimate of drug-likeness (QED) is 0.248. The lowest BCUT2D eigenvalue weighted by Gasteiger charge is -2.26. The Labute approximate surface area is 208 Å². The number of nitrogens with zero attached hydrogens (tertiary/aromatic N) is 1. The number of fused-ring (bicyclic) bond motifs is 1. The Morgan fingerprint density at radius 3 is 2.32 bits per heavy atom. The summed E-state index contributed by atoms with van der Waals surface area (Å²) < 4.78 is 0. The minimum atomic E-state index is -0.814. The minimum absolute atomic E-state index is 0.0578. The average Bonchev–Trinajstić information content (AvgIpc) is 3.08. The van der Waals surface area contributed by atoms with E-state index >= 15 is 0 Å². The molecule has 5 rings (SSSR count). The van der Waals surface area contributed by atoms with Gasteiger partial charge in [-0.25, -0.2) is 0 Å². The number of Topliss-reactive ketones (excluding diaryl/α,β-unsaturated/α-hetero) is 1. The number of carbonyl (C=O) groups is 2. The van der Waals surface area contributed by atoms with E-state index in [0.717, 1.165) is 36.8 Å². The first-order chi connectivity index (χ1) is 16.3. The van der Waals surface area contributed by atoms with E-state index in [1.54, 1.807) is 18.2 Å². The Kier molecular flexibility index (Phi) is 5.97. The van der Waals surface area contributed by atoms with Crippen molar-refractivity contribution >= 4 is 46.3 Å². The van der Waals surface area contributed by atoms with Crippen molar-refractivity contribution in [3.63, 3.8) is 0 Å². The van der Waals surface area contributed by atoms with Crippen LogP contribution < -0.4 is 4.90 Å². The third-order valence-electron chi connectivity index (χ3n) is 6.55. The van der Waals surface area contributed by atoms with Crippen molar-refractivity contribution in [2.45, 2.75) is 38.6 Å². The van der Waals surface area contributed by atoms with Crippen LogP contribution in [0.25, 0.3) is 5.76 Å². The first-order valence-corrected chi connectivity index (χ1v) is 12.0. The van der Waals surface area contributed by atoms with Gasteiger partial charge in [-0.1, -0.05) is 65.2 Å². The van der Waals surface area contributed by atoms with Crippen molar-refractivity contribution in [1.82, 2.24) is 0 Å². The summed E-state index contributed by atoms with van der Waals surface area (Å²) in [6.45, 7) is 1.94. The van der Waals surface area contributed by atoms with Crippen LogP contribution >= 0.6 is 23.2 Å². The number of hydrogen-bond donors (Lipinski definition) is 1. The van der Waals surface area contributed by atoms with E-state index in [-0.39, 0.29) is 11.3 Å². The summed E-state index contributed by atoms with van der Waals surface area (Å²) in [6, 6.07) is 17.3. The van der Waals surface area contributed by atoms with Crippen molar-refractivity contribution in [3.8, 4) is 0 Å². The van der Waals surface area contributed by atoms with Crippen molar-refractivity contribution in [2.75, 3.05) is 4.90 Å². The molecule has 1 N–H and O–H groups in total. The van der Waals surface area contributed by atoms with Gasteiger partial charge in [0.2, 0.25) is 0 Å². The summed E-state index contributed by atoms with van der Waals surface area (Å²) in [7, 11) is 0. The summed E-state index contributed by atoms with van der Waals surface area (Å²) in [5.74, 6) is -1.64. The molecule has 0 spiro atoms. The lowest BCUT2D eigenvalue weighted by Crippen LogP contribution is -2.29. The van der Waals surface area contributed by atoms with Crippen LogP contribution in [0.4, 0.5) is 5.69 Å². The minimum Gasteiger partial charge on any atom is -0.507 e. The van der Waals surface area contributed by atoms with E-state index in [9.17, 15) is 14.7 Å². The summed E-state index contributed by atoms with van der Waals surface area (Å²) in [5.41, 5.74) is 5.14. The zero-order chi connectivity index (χ0) is 24.0. The molecule has 3 aromatic carbocycles. The highest BCUT2D eigenvalue weighted by Gasteiger charge is 2.47. The SMILES string of the molecule is Cc1cccc(C2/C(=C(/O)c3ccc4c(c3)CCCC4)C(=O)C(=O)N2c2cc(Cl)cc(Cl)c2)c1. The number of carbonyl (C=O) groups excluding carboxylic acids is 2. The molecule has 1 aliphatic carbocycles. The predicted octanol–water partition coefficient (Wildman–Crippen LogP) is 6.81. The maximum atomic E-state index is 13.4. The number of aryl methyl sites for hydroxylation is 3. The molecule has 3 aromatic rings. The Bertz CT molecular complexity index is 1340. The Hall–Kier alpha value is -3.08. The van der Waals surface area contributed by atoms with Gasteiger partial charge in [-0.05, 0) is 73.6 Å². The fourth-order valence-electron chi connectivity index (χ4n) is 4.97. The van der Waals surface area contributed by atoms with E-state index in [1.165, 1.54) is 16.0 Å². The summed E-state index contributed by atoms with van der Waals surface area (Å²) in [6.07, 6.45) is 4.20. The maximum Gasteiger partial charge on any atom is 0.300 e. The van der Waals surface area contributed by atoms with Gasteiger partial charge in [0.15, 0.2) is 0 Å². The van der Waals surface area contributed by atoms with Gasteiger partial charge < -0.3 is 5.11 Å². The number of rotatable bonds is 3. The topological polar surface area (TPSA) is 57.6 Å². The number of halogens is 2. The monoisotopic (exact) mass is 491 g/mol. The second-order valence-corrected chi connectivity index (χ2v) is 9.77. The van der Waals surface area contributed by atoms with Gasteiger partial charge in [-0.3, -0.25) is 14.5 Å². The van der Waals surface area contributed by atoms with Gasteiger partial charge in [-0.15, -0.1) is 0 Å². The summed E-state index contributed by atoms with van der Waals surface area (Å²) in [4.78, 5) is 28.1. The third-order valence-corrected chi connectivity index (χ3v) is 6.99. The van der Waals surface area contributed by atoms with E-state index < -0.39 is 17.7 Å². The van der Waals surface area contributed by atoms with Gasteiger partial charge in [0.1, 0.15) is 5.76 Å². The second kappa shape index (κ2) is 8.94. The van der Waals surface area contributed by atoms with Crippen molar-refractivity contribution in [2.24, 2.45) is 0 Å². The number of ketones is 1. The van der Waals surface area contributed by atoms with Crippen molar-refractivity contribution in [1.29, 1.82) is 0 Å². The van der Waals surface area contributed by atoms with Crippen LogP contribution in [0.15, 0.2) is 66.2 Å². The zero-order valence-corrected chi connectivity index (χ0v) is 20.2. The molecule has 172 valence electrons. The van der Waals surface area contributed by atoms with E-state index in [0.29, 0.717) is 21.3 Å². The molecule has 1 aliphatic heterocycles. The number of anilines is 1. The molecule has 4 nitrogen and oxygen atoms in total. The number of benzene rings is 3. The standard InChI is InChI=1S/C28H23Cl2NO3/c1-16-5-4-8-19(11-16)25-24(26(32)20-10-9-17-6-2-3-7-18(17)12-20)27(33)28(34)31(25)23-14-21(29)13-22(30)15-23/h4-5,8-15,25,32H,2-3,6-7H2,1H3/b26-24-. The van der Waals surface area contributed by atoms with E-state index in [2.05, 4.69) is 0 Å². The third kappa shape index (κ3) is 4.02. The molecule has 1 amide bonds. The molecular weight excluding hydrogens is 469 g/mol. The molecule has 0 bridgehead atoms. The van der Waals surface area contributed by atoms with Gasteiger partial charge >= 0.3 is 0 Å². The molecular formula is C28H23Cl2NO3. The fraction of sp³-hybridized carbons (Fsp3) is 0.214. The number of aliphatic hydroxyl groups is 1. The summed E-state index contributed by atoms with van der Waals surface area (Å²) >= 11 is 12.5. The number of aliphatic hydroxyl groups excluding tert-OH is 1. The molecule has 1 unspecified atom stereocenters. The molecule has 1 fully saturated rings. The molecule has 1 heterocycles.